The molecular formula is C16H17BF4N2O. The van der Waals surface area contributed by atoms with Crippen molar-refractivity contribution in [3.8, 4) is 0 Å². The lowest BCUT2D eigenvalue weighted by Crippen LogP contribution is -2.38. The lowest BCUT2D eigenvalue weighted by atomic mass is 9.89. The average molecular weight is 340 g/mol. The minimum atomic E-state index is -6.00. The van der Waals surface area contributed by atoms with Gasteiger partial charge in [-0.05, 0) is 18.1 Å². The highest BCUT2D eigenvalue weighted by Crippen LogP contribution is 2.41. The third-order valence-electron chi connectivity index (χ3n) is 4.95. The number of rotatable bonds is 0. The molecule has 3 aliphatic rings. The van der Waals surface area contributed by atoms with E-state index in [0.29, 0.717) is 12.1 Å². The normalized spacial score (nSPS) is 24.8. The van der Waals surface area contributed by atoms with Crippen LogP contribution >= 0.6 is 0 Å². The number of nitrogens with one attached hydrogen (secondary N) is 1. The Hall–Kier alpha value is -1.99. The molecule has 0 amide bonds. The Bertz CT molecular complexity index is 808. The number of ether oxygens (including phenoxy) is 1. The van der Waals surface area contributed by atoms with E-state index in [1.54, 1.807) is 0 Å². The van der Waals surface area contributed by atoms with Crippen molar-refractivity contribution >= 4 is 24.1 Å². The van der Waals surface area contributed by atoms with E-state index in [1.165, 1.54) is 40.9 Å². The topological polar surface area (TPSA) is 28.0 Å². The molecule has 1 aromatic heterocycles. The molecule has 0 radical (unpaired) electrons. The Labute approximate surface area is 136 Å². The van der Waals surface area contributed by atoms with Crippen molar-refractivity contribution in [2.75, 3.05) is 6.61 Å². The molecule has 2 aromatic rings. The second kappa shape index (κ2) is 5.53. The van der Waals surface area contributed by atoms with E-state index in [9.17, 15) is 17.3 Å². The van der Waals surface area contributed by atoms with Crippen molar-refractivity contribution in [2.45, 2.75) is 37.8 Å². The van der Waals surface area contributed by atoms with Gasteiger partial charge in [-0.3, -0.25) is 0 Å². The fourth-order valence-electron chi connectivity index (χ4n) is 4.17. The summed E-state index contributed by atoms with van der Waals surface area (Å²) in [5.41, 5.74) is 4.27. The minimum absolute atomic E-state index is 0.521. The van der Waals surface area contributed by atoms with Gasteiger partial charge in [0.25, 0.3) is 0 Å². The van der Waals surface area contributed by atoms with Crippen LogP contribution in [0.2, 0.25) is 0 Å². The molecule has 0 aliphatic carbocycles. The monoisotopic (exact) mass is 340 g/mol. The third kappa shape index (κ3) is 2.67. The number of H-pyrrole nitrogens is 1. The second-order valence-corrected chi connectivity index (χ2v) is 6.44. The van der Waals surface area contributed by atoms with E-state index < -0.39 is 7.25 Å². The molecule has 5 rings (SSSR count). The fourth-order valence-corrected chi connectivity index (χ4v) is 4.17. The molecule has 4 heterocycles. The molecule has 0 saturated carbocycles. The smallest absolute Gasteiger partial charge is 0.441 e. The van der Waals surface area contributed by atoms with Crippen LogP contribution in [0.15, 0.2) is 24.3 Å². The zero-order chi connectivity index (χ0) is 16.9. The molecule has 24 heavy (non-hydrogen) atoms. The summed E-state index contributed by atoms with van der Waals surface area (Å²) < 4.78 is 47.5. The van der Waals surface area contributed by atoms with Gasteiger partial charge in [0.2, 0.25) is 0 Å². The van der Waals surface area contributed by atoms with E-state index in [2.05, 4.69) is 33.8 Å². The van der Waals surface area contributed by atoms with Gasteiger partial charge in [-0.15, -0.1) is 0 Å². The summed E-state index contributed by atoms with van der Waals surface area (Å²) in [7, 11) is -6.00. The summed E-state index contributed by atoms with van der Waals surface area (Å²) in [4.78, 5) is 3.67. The molecule has 3 nitrogen and oxygen atoms in total. The Morgan fingerprint density at radius 2 is 1.92 bits per heavy atom. The minimum Gasteiger partial charge on any atom is -0.441 e. The van der Waals surface area contributed by atoms with Crippen molar-refractivity contribution < 1.29 is 26.6 Å². The first-order chi connectivity index (χ1) is 11.4. The predicted octanol–water partition coefficient (Wildman–Crippen LogP) is 4.06. The van der Waals surface area contributed by atoms with E-state index in [-0.39, 0.29) is 0 Å². The van der Waals surface area contributed by atoms with Gasteiger partial charge in [0.15, 0.2) is 18.7 Å². The quantitative estimate of drug-likeness (QED) is 0.437. The first-order valence-corrected chi connectivity index (χ1v) is 8.15. The van der Waals surface area contributed by atoms with Crippen molar-refractivity contribution in [2.24, 2.45) is 0 Å². The largest absolute Gasteiger partial charge is 0.673 e. The number of hydrogen-bond acceptors (Lipinski definition) is 1. The average Bonchev–Trinajstić information content (AvgIpc) is 3.09. The number of aromatic nitrogens is 1. The fraction of sp³-hybridized carbons (Fsp3) is 0.438. The summed E-state index contributed by atoms with van der Waals surface area (Å²) in [6, 6.07) is 9.80. The first-order valence-electron chi connectivity index (χ1n) is 8.15. The lowest BCUT2D eigenvalue weighted by Gasteiger charge is -2.26. The van der Waals surface area contributed by atoms with Crippen molar-refractivity contribution in [3.63, 3.8) is 0 Å². The van der Waals surface area contributed by atoms with Gasteiger partial charge in [0.05, 0.1) is 12.1 Å². The molecule has 0 bridgehead atoms. The molecule has 1 aromatic carbocycles. The Kier molecular flexibility index (Phi) is 3.58. The van der Waals surface area contributed by atoms with Gasteiger partial charge >= 0.3 is 13.2 Å². The van der Waals surface area contributed by atoms with Gasteiger partial charge in [-0.1, -0.05) is 18.2 Å². The van der Waals surface area contributed by atoms with Gasteiger partial charge in [0.1, 0.15) is 0 Å². The number of para-hydroxylation sites is 1. The molecule has 0 fully saturated rings. The first kappa shape index (κ1) is 15.5. The van der Waals surface area contributed by atoms with E-state index in [1.807, 2.05) is 0 Å². The highest BCUT2D eigenvalue weighted by Gasteiger charge is 2.48. The standard InChI is InChI=1S/C16H17N2O.BF4/c1-2-5-13-11(4-1)12-8-10-9-19-15-7-3-6-14(18(10)15)16(12)17-13;2-1(3,4)5/h1-2,4-5,10,14,17H,3,6-9H2;/q+1;-1/t10-,14-;/m0./s1. The molecule has 2 atom stereocenters. The van der Waals surface area contributed by atoms with Crippen LogP contribution in [0.3, 0.4) is 0 Å². The zero-order valence-corrected chi connectivity index (χ0v) is 12.9. The SMILES string of the molecule is F[B-](F)(F)F.c1ccc2c3c([nH]c2c1)[C@@H]1CCCC2=[N+]1[C@H](CO2)C3. The highest BCUT2D eigenvalue weighted by atomic mass is 19.5. The third-order valence-corrected chi connectivity index (χ3v) is 4.95. The summed E-state index contributed by atoms with van der Waals surface area (Å²) in [5, 5.41) is 1.41. The van der Waals surface area contributed by atoms with E-state index in [0.717, 1.165) is 19.4 Å². The van der Waals surface area contributed by atoms with Crippen LogP contribution in [0.4, 0.5) is 17.3 Å². The van der Waals surface area contributed by atoms with Crippen molar-refractivity contribution in [1.29, 1.82) is 0 Å². The highest BCUT2D eigenvalue weighted by molar-refractivity contribution is 6.50. The van der Waals surface area contributed by atoms with Crippen LogP contribution in [0.1, 0.15) is 36.6 Å². The number of aromatic amines is 1. The Morgan fingerprint density at radius 3 is 2.71 bits per heavy atom. The van der Waals surface area contributed by atoms with Crippen LogP contribution in [-0.4, -0.2) is 35.4 Å². The van der Waals surface area contributed by atoms with Gasteiger partial charge in [-0.25, -0.2) is 0 Å². The Morgan fingerprint density at radius 1 is 1.17 bits per heavy atom. The number of hydrogen-bond donors (Lipinski definition) is 1. The van der Waals surface area contributed by atoms with Crippen LogP contribution in [-0.2, 0) is 11.2 Å². The van der Waals surface area contributed by atoms with Crippen LogP contribution in [0, 0.1) is 0 Å². The maximum atomic E-state index is 9.75. The van der Waals surface area contributed by atoms with Gasteiger partial charge < -0.3 is 27.0 Å². The predicted molar refractivity (Wildman–Crippen MR) is 83.8 cm³/mol. The molecule has 3 aliphatic heterocycles. The Balaban J connectivity index is 0.000000260. The maximum absolute atomic E-state index is 9.75. The number of halogens is 4. The molecular weight excluding hydrogens is 323 g/mol. The van der Waals surface area contributed by atoms with Crippen molar-refractivity contribution in [1.82, 2.24) is 4.98 Å². The summed E-state index contributed by atoms with van der Waals surface area (Å²) >= 11 is 0. The van der Waals surface area contributed by atoms with Gasteiger partial charge in [-0.2, -0.15) is 4.58 Å². The number of benzene rings is 1. The molecule has 0 unspecified atom stereocenters. The molecule has 1 N–H and O–H groups in total. The summed E-state index contributed by atoms with van der Waals surface area (Å²) in [6.07, 6.45) is 4.75. The molecule has 8 heteroatoms. The molecule has 128 valence electrons. The van der Waals surface area contributed by atoms with E-state index >= 15 is 0 Å². The maximum Gasteiger partial charge on any atom is 0.673 e. The van der Waals surface area contributed by atoms with E-state index in [4.69, 9.17) is 4.74 Å². The van der Waals surface area contributed by atoms with Crippen LogP contribution in [0.5, 0.6) is 0 Å². The molecule has 0 spiro atoms. The van der Waals surface area contributed by atoms with Crippen molar-refractivity contribution in [3.05, 3.63) is 35.5 Å². The number of nitrogens with zero attached hydrogens (tertiary/aromatic N) is 1. The summed E-state index contributed by atoms with van der Waals surface area (Å²) in [5.74, 6) is 1.24. The molecule has 0 saturated heterocycles. The zero-order valence-electron chi connectivity index (χ0n) is 12.9. The second-order valence-electron chi connectivity index (χ2n) is 6.44. The summed E-state index contributed by atoms with van der Waals surface area (Å²) in [6.45, 7) is 0.880. The van der Waals surface area contributed by atoms with Crippen LogP contribution in [0.25, 0.3) is 10.9 Å². The number of fused-ring (bicyclic) bond motifs is 4. The van der Waals surface area contributed by atoms with Crippen LogP contribution < -0.4 is 0 Å². The lowest BCUT2D eigenvalue weighted by molar-refractivity contribution is -0.608. The van der Waals surface area contributed by atoms with Gasteiger partial charge in [0, 0.05) is 23.7 Å².